The second-order valence-corrected chi connectivity index (χ2v) is 11.9. The van der Waals surface area contributed by atoms with E-state index >= 15 is 0 Å². The number of thioether (sulfide) groups is 1. The van der Waals surface area contributed by atoms with E-state index in [1.165, 1.54) is 11.8 Å². The molecule has 1 atom stereocenters. The summed E-state index contributed by atoms with van der Waals surface area (Å²) in [5, 5.41) is 20.6. The first-order valence-electron chi connectivity index (χ1n) is 14.2. The van der Waals surface area contributed by atoms with Crippen molar-refractivity contribution in [3.05, 3.63) is 118 Å². The van der Waals surface area contributed by atoms with E-state index in [2.05, 4.69) is 15.5 Å². The van der Waals surface area contributed by atoms with Crippen LogP contribution in [0.4, 0.5) is 0 Å². The molecule has 1 aliphatic rings. The Morgan fingerprint density at radius 3 is 2.29 bits per heavy atom. The number of aromatic nitrogens is 3. The predicted octanol–water partition coefficient (Wildman–Crippen LogP) is 5.75. The summed E-state index contributed by atoms with van der Waals surface area (Å²) in [5.41, 5.74) is 3.18. The van der Waals surface area contributed by atoms with Crippen molar-refractivity contribution in [3.63, 3.8) is 0 Å². The molecule has 0 radical (unpaired) electrons. The first kappa shape index (κ1) is 30.1. The van der Waals surface area contributed by atoms with Crippen LogP contribution in [0.2, 0.25) is 0 Å². The van der Waals surface area contributed by atoms with Gasteiger partial charge in [-0.2, -0.15) is 5.10 Å². The van der Waals surface area contributed by atoms with Gasteiger partial charge in [-0.25, -0.2) is 5.01 Å². The maximum atomic E-state index is 13.8. The largest absolute Gasteiger partial charge is 0.497 e. The van der Waals surface area contributed by atoms with Crippen molar-refractivity contribution in [2.45, 2.75) is 24.2 Å². The Bertz CT molecular complexity index is 1790. The van der Waals surface area contributed by atoms with Gasteiger partial charge in [0, 0.05) is 17.7 Å². The number of hydrogen-bond donors (Lipinski definition) is 1. The molecule has 0 aliphatic carbocycles. The van der Waals surface area contributed by atoms with Gasteiger partial charge in [-0.1, -0.05) is 48.2 Å². The van der Waals surface area contributed by atoms with Crippen LogP contribution < -0.4 is 14.8 Å². The molecule has 0 spiro atoms. The highest BCUT2D eigenvalue weighted by atomic mass is 32.2. The van der Waals surface area contributed by atoms with Crippen LogP contribution in [-0.2, 0) is 11.3 Å². The third kappa shape index (κ3) is 6.76. The highest BCUT2D eigenvalue weighted by molar-refractivity contribution is 7.99. The van der Waals surface area contributed by atoms with E-state index in [4.69, 9.17) is 14.6 Å². The van der Waals surface area contributed by atoms with Crippen LogP contribution in [0.3, 0.4) is 0 Å². The molecule has 10 nitrogen and oxygen atoms in total. The summed E-state index contributed by atoms with van der Waals surface area (Å²) in [7, 11) is 3.21. The van der Waals surface area contributed by atoms with Gasteiger partial charge in [0.2, 0.25) is 0 Å². The molecule has 0 fully saturated rings. The molecule has 12 heteroatoms. The van der Waals surface area contributed by atoms with Crippen LogP contribution in [0.5, 0.6) is 11.5 Å². The zero-order chi connectivity index (χ0) is 31.2. The lowest BCUT2D eigenvalue weighted by molar-refractivity contribution is -0.130. The van der Waals surface area contributed by atoms with Gasteiger partial charge in [-0.15, -0.1) is 21.5 Å². The Morgan fingerprint density at radius 2 is 1.62 bits per heavy atom. The van der Waals surface area contributed by atoms with E-state index in [0.717, 1.165) is 27.6 Å². The maximum absolute atomic E-state index is 13.8. The summed E-state index contributed by atoms with van der Waals surface area (Å²) in [6, 6.07) is 28.0. The first-order chi connectivity index (χ1) is 22.0. The molecule has 45 heavy (non-hydrogen) atoms. The van der Waals surface area contributed by atoms with E-state index in [9.17, 15) is 9.59 Å². The molecule has 1 aliphatic heterocycles. The van der Waals surface area contributed by atoms with E-state index in [1.807, 2.05) is 76.7 Å². The average molecular weight is 639 g/mol. The number of nitrogens with zero attached hydrogens (tertiary/aromatic N) is 5. The quantitative estimate of drug-likeness (QED) is 0.184. The second-order valence-electron chi connectivity index (χ2n) is 10.0. The number of amides is 2. The lowest BCUT2D eigenvalue weighted by Crippen LogP contribution is -2.28. The summed E-state index contributed by atoms with van der Waals surface area (Å²) in [6.07, 6.45) is 0.613. The Balaban J connectivity index is 1.21. The summed E-state index contributed by atoms with van der Waals surface area (Å²) < 4.78 is 12.4. The molecule has 3 heterocycles. The lowest BCUT2D eigenvalue weighted by atomic mass is 10.0. The Hall–Kier alpha value is -4.94. The average Bonchev–Trinajstić information content (AvgIpc) is 3.87. The summed E-state index contributed by atoms with van der Waals surface area (Å²) in [5.74, 6) is 1.65. The van der Waals surface area contributed by atoms with E-state index in [-0.39, 0.29) is 30.2 Å². The minimum absolute atomic E-state index is 0.0943. The number of thiophene rings is 1. The van der Waals surface area contributed by atoms with Crippen LogP contribution in [0.1, 0.15) is 39.1 Å². The number of carbonyl (C=O) groups is 2. The van der Waals surface area contributed by atoms with Crippen LogP contribution in [0.25, 0.3) is 5.69 Å². The van der Waals surface area contributed by atoms with Gasteiger partial charge < -0.3 is 14.8 Å². The molecule has 0 unspecified atom stereocenters. The molecule has 2 aromatic heterocycles. The number of para-hydroxylation sites is 1. The molecule has 1 N–H and O–H groups in total. The van der Waals surface area contributed by atoms with Crippen LogP contribution in [-0.4, -0.2) is 57.3 Å². The van der Waals surface area contributed by atoms with Gasteiger partial charge >= 0.3 is 0 Å². The summed E-state index contributed by atoms with van der Waals surface area (Å²) in [6.45, 7) is 0.140. The van der Waals surface area contributed by atoms with E-state index in [1.54, 1.807) is 54.8 Å². The minimum Gasteiger partial charge on any atom is -0.497 e. The molecule has 228 valence electrons. The number of rotatable bonds is 11. The number of hydrogen-bond acceptors (Lipinski definition) is 9. The predicted molar refractivity (Wildman–Crippen MR) is 174 cm³/mol. The fourth-order valence-electron chi connectivity index (χ4n) is 4.96. The van der Waals surface area contributed by atoms with E-state index < -0.39 is 0 Å². The zero-order valence-electron chi connectivity index (χ0n) is 24.6. The van der Waals surface area contributed by atoms with Crippen molar-refractivity contribution < 1.29 is 19.1 Å². The van der Waals surface area contributed by atoms with Crippen LogP contribution in [0, 0.1) is 0 Å². The minimum atomic E-state index is -0.248. The third-order valence-corrected chi connectivity index (χ3v) is 9.10. The first-order valence-corrected chi connectivity index (χ1v) is 16.0. The molecule has 0 saturated carbocycles. The number of nitrogens with one attached hydrogen (secondary N) is 1. The number of hydrazone groups is 1. The van der Waals surface area contributed by atoms with E-state index in [0.29, 0.717) is 28.7 Å². The van der Waals surface area contributed by atoms with Crippen molar-refractivity contribution in [2.24, 2.45) is 5.10 Å². The molecule has 0 saturated heterocycles. The van der Waals surface area contributed by atoms with Gasteiger partial charge in [0.25, 0.3) is 11.8 Å². The smallest absolute Gasteiger partial charge is 0.253 e. The number of ether oxygens (including phenoxy) is 2. The molecule has 5 aromatic rings. The van der Waals surface area contributed by atoms with Gasteiger partial charge in [0.1, 0.15) is 11.5 Å². The highest BCUT2D eigenvalue weighted by Gasteiger charge is 2.33. The normalized spacial score (nSPS) is 14.2. The second kappa shape index (κ2) is 13.8. The standard InChI is InChI=1S/C33H30N6O4S2/c1-42-25-14-10-22(11-15-25)28-19-27(29-9-6-18-44-29)37-39(28)31(40)21-45-33-36-35-30(38(33)24-7-4-3-5-8-24)20-34-32(41)23-12-16-26(43-2)17-13-23/h3-18,28H,19-21H2,1-2H3,(H,34,41)/t28-/m1/s1. The Labute approximate surface area is 268 Å². The molecule has 0 bridgehead atoms. The fraction of sp³-hybridized carbons (Fsp3) is 0.182. The maximum Gasteiger partial charge on any atom is 0.253 e. The van der Waals surface area contributed by atoms with Gasteiger partial charge in [-0.05, 0) is 65.5 Å². The van der Waals surface area contributed by atoms with Gasteiger partial charge in [-0.3, -0.25) is 14.2 Å². The topological polar surface area (TPSA) is 111 Å². The number of benzene rings is 3. The molecule has 6 rings (SSSR count). The van der Waals surface area contributed by atoms with Crippen molar-refractivity contribution in [1.82, 2.24) is 25.1 Å². The SMILES string of the molecule is COc1ccc(C(=O)NCc2nnc(SCC(=O)N3N=C(c4cccs4)C[C@@H]3c3ccc(OC)cc3)n2-c2ccccc2)cc1. The Kier molecular flexibility index (Phi) is 9.22. The van der Waals surface area contributed by atoms with Gasteiger partial charge in [0.15, 0.2) is 11.0 Å². The van der Waals surface area contributed by atoms with Crippen molar-refractivity contribution in [2.75, 3.05) is 20.0 Å². The van der Waals surface area contributed by atoms with Crippen molar-refractivity contribution in [1.29, 1.82) is 0 Å². The summed E-state index contributed by atoms with van der Waals surface area (Å²) >= 11 is 2.88. The van der Waals surface area contributed by atoms with Crippen molar-refractivity contribution in [3.8, 4) is 17.2 Å². The van der Waals surface area contributed by atoms with Crippen molar-refractivity contribution >= 4 is 40.6 Å². The monoisotopic (exact) mass is 638 g/mol. The molecule has 3 aromatic carbocycles. The molecular weight excluding hydrogens is 609 g/mol. The lowest BCUT2D eigenvalue weighted by Gasteiger charge is -2.22. The molecule has 2 amide bonds. The molecular formula is C33H30N6O4S2. The summed E-state index contributed by atoms with van der Waals surface area (Å²) in [4.78, 5) is 27.7. The fourth-order valence-corrected chi connectivity index (χ4v) is 6.50. The van der Waals surface area contributed by atoms with Gasteiger partial charge in [0.05, 0.1) is 43.1 Å². The number of carbonyl (C=O) groups excluding carboxylic acids is 2. The number of methoxy groups -OCH3 is 2. The zero-order valence-corrected chi connectivity index (χ0v) is 26.3. The Morgan fingerprint density at radius 1 is 0.911 bits per heavy atom. The third-order valence-electron chi connectivity index (χ3n) is 7.27. The van der Waals surface area contributed by atoms with Crippen LogP contribution in [0.15, 0.2) is 107 Å². The highest BCUT2D eigenvalue weighted by Crippen LogP contribution is 2.35. The van der Waals surface area contributed by atoms with Crippen LogP contribution >= 0.6 is 23.1 Å².